The predicted molar refractivity (Wildman–Crippen MR) is 94.1 cm³/mol. The lowest BCUT2D eigenvalue weighted by atomic mass is 10.00. The molecule has 21 heavy (non-hydrogen) atoms. The third-order valence-electron chi connectivity index (χ3n) is 3.69. The van der Waals surface area contributed by atoms with Crippen molar-refractivity contribution in [1.29, 1.82) is 0 Å². The standard InChI is InChI=1S/C19H25NS/c1-14(2)17-10-8-16(9-11-17)12-18(20)13-21-19-7-5-4-6-15(19)3/h4-11,14,18H,12-13,20H2,1-3H3. The first-order valence-electron chi connectivity index (χ1n) is 7.59. The van der Waals surface area contributed by atoms with Crippen LogP contribution in [0.15, 0.2) is 53.4 Å². The molecular weight excluding hydrogens is 274 g/mol. The number of aryl methyl sites for hydroxylation is 1. The van der Waals surface area contributed by atoms with Crippen LogP contribution in [-0.2, 0) is 6.42 Å². The second-order valence-corrected chi connectivity index (χ2v) is 7.00. The average Bonchev–Trinajstić information content (AvgIpc) is 2.47. The third kappa shape index (κ3) is 4.90. The van der Waals surface area contributed by atoms with Crippen LogP contribution in [0.3, 0.4) is 0 Å². The van der Waals surface area contributed by atoms with Crippen molar-refractivity contribution in [3.8, 4) is 0 Å². The highest BCUT2D eigenvalue weighted by molar-refractivity contribution is 7.99. The van der Waals surface area contributed by atoms with Gasteiger partial charge in [-0.3, -0.25) is 0 Å². The zero-order valence-electron chi connectivity index (χ0n) is 13.2. The summed E-state index contributed by atoms with van der Waals surface area (Å²) in [6.07, 6.45) is 0.942. The topological polar surface area (TPSA) is 26.0 Å². The highest BCUT2D eigenvalue weighted by Gasteiger charge is 2.07. The van der Waals surface area contributed by atoms with Crippen LogP contribution in [0.5, 0.6) is 0 Å². The van der Waals surface area contributed by atoms with Gasteiger partial charge in [0.1, 0.15) is 0 Å². The molecule has 2 heteroatoms. The molecule has 0 aliphatic heterocycles. The number of benzene rings is 2. The van der Waals surface area contributed by atoms with Gasteiger partial charge in [-0.15, -0.1) is 11.8 Å². The summed E-state index contributed by atoms with van der Waals surface area (Å²) in [5.74, 6) is 1.54. The van der Waals surface area contributed by atoms with Crippen molar-refractivity contribution >= 4 is 11.8 Å². The first kappa shape index (κ1) is 16.1. The van der Waals surface area contributed by atoms with E-state index < -0.39 is 0 Å². The Bertz CT molecular complexity index is 560. The van der Waals surface area contributed by atoms with Crippen LogP contribution in [0, 0.1) is 6.92 Å². The van der Waals surface area contributed by atoms with Crippen LogP contribution < -0.4 is 5.73 Å². The van der Waals surface area contributed by atoms with Gasteiger partial charge in [0, 0.05) is 16.7 Å². The van der Waals surface area contributed by atoms with Gasteiger partial charge < -0.3 is 5.73 Å². The zero-order valence-corrected chi connectivity index (χ0v) is 14.0. The van der Waals surface area contributed by atoms with E-state index in [1.165, 1.54) is 21.6 Å². The molecule has 0 saturated carbocycles. The van der Waals surface area contributed by atoms with Gasteiger partial charge in [-0.1, -0.05) is 56.3 Å². The van der Waals surface area contributed by atoms with Crippen LogP contribution in [0.4, 0.5) is 0 Å². The Morgan fingerprint density at radius 3 is 2.29 bits per heavy atom. The molecule has 2 N–H and O–H groups in total. The van der Waals surface area contributed by atoms with Gasteiger partial charge in [0.2, 0.25) is 0 Å². The quantitative estimate of drug-likeness (QED) is 0.777. The summed E-state index contributed by atoms with van der Waals surface area (Å²) in [7, 11) is 0. The Labute approximate surface area is 133 Å². The molecule has 1 nitrogen and oxygen atoms in total. The van der Waals surface area contributed by atoms with Gasteiger partial charge in [0.15, 0.2) is 0 Å². The van der Waals surface area contributed by atoms with E-state index in [-0.39, 0.29) is 6.04 Å². The molecule has 2 aromatic carbocycles. The minimum absolute atomic E-state index is 0.194. The summed E-state index contributed by atoms with van der Waals surface area (Å²) in [6, 6.07) is 17.6. The molecule has 0 amide bonds. The molecule has 0 fully saturated rings. The van der Waals surface area contributed by atoms with Crippen molar-refractivity contribution in [2.24, 2.45) is 5.73 Å². The van der Waals surface area contributed by atoms with E-state index >= 15 is 0 Å². The molecule has 0 radical (unpaired) electrons. The Kier molecular flexibility index (Phi) is 5.89. The van der Waals surface area contributed by atoms with Crippen LogP contribution in [0.1, 0.15) is 36.5 Å². The van der Waals surface area contributed by atoms with Crippen LogP contribution in [0.2, 0.25) is 0 Å². The first-order chi connectivity index (χ1) is 10.1. The van der Waals surface area contributed by atoms with Gasteiger partial charge >= 0.3 is 0 Å². The van der Waals surface area contributed by atoms with Gasteiger partial charge in [-0.2, -0.15) is 0 Å². The minimum Gasteiger partial charge on any atom is -0.327 e. The van der Waals surface area contributed by atoms with Crippen molar-refractivity contribution in [2.45, 2.75) is 44.0 Å². The van der Waals surface area contributed by atoms with Crippen molar-refractivity contribution in [2.75, 3.05) is 5.75 Å². The molecule has 0 spiro atoms. The maximum Gasteiger partial charge on any atom is 0.0174 e. The smallest absolute Gasteiger partial charge is 0.0174 e. The monoisotopic (exact) mass is 299 g/mol. The lowest BCUT2D eigenvalue weighted by molar-refractivity contribution is 0.747. The highest BCUT2D eigenvalue weighted by Crippen LogP contribution is 2.23. The molecule has 0 saturated heterocycles. The molecule has 2 rings (SSSR count). The molecule has 1 atom stereocenters. The van der Waals surface area contributed by atoms with E-state index in [0.29, 0.717) is 5.92 Å². The lowest BCUT2D eigenvalue weighted by Crippen LogP contribution is -2.25. The van der Waals surface area contributed by atoms with Gasteiger partial charge in [0.05, 0.1) is 0 Å². The molecule has 1 unspecified atom stereocenters. The number of rotatable bonds is 6. The maximum atomic E-state index is 6.28. The van der Waals surface area contributed by atoms with E-state index in [4.69, 9.17) is 5.73 Å². The summed E-state index contributed by atoms with van der Waals surface area (Å²) in [5, 5.41) is 0. The lowest BCUT2D eigenvalue weighted by Gasteiger charge is -2.13. The highest BCUT2D eigenvalue weighted by atomic mass is 32.2. The number of hydrogen-bond acceptors (Lipinski definition) is 2. The summed E-state index contributed by atoms with van der Waals surface area (Å²) >= 11 is 1.86. The minimum atomic E-state index is 0.194. The second-order valence-electron chi connectivity index (χ2n) is 5.94. The maximum absolute atomic E-state index is 6.28. The normalized spacial score (nSPS) is 12.6. The molecule has 0 aromatic heterocycles. The van der Waals surface area contributed by atoms with E-state index in [2.05, 4.69) is 69.3 Å². The Balaban J connectivity index is 1.87. The fourth-order valence-corrected chi connectivity index (χ4v) is 3.30. The van der Waals surface area contributed by atoms with E-state index in [1.54, 1.807) is 0 Å². The fraction of sp³-hybridized carbons (Fsp3) is 0.368. The Morgan fingerprint density at radius 1 is 1.00 bits per heavy atom. The largest absolute Gasteiger partial charge is 0.327 e. The molecule has 0 aliphatic carbocycles. The van der Waals surface area contributed by atoms with Gasteiger partial charge in [0.25, 0.3) is 0 Å². The summed E-state index contributed by atoms with van der Waals surface area (Å²) in [6.45, 7) is 6.59. The third-order valence-corrected chi connectivity index (χ3v) is 5.05. The average molecular weight is 299 g/mol. The van der Waals surface area contributed by atoms with E-state index in [9.17, 15) is 0 Å². The van der Waals surface area contributed by atoms with Crippen molar-refractivity contribution in [1.82, 2.24) is 0 Å². The Hall–Kier alpha value is -1.25. The number of nitrogens with two attached hydrogens (primary N) is 1. The molecule has 0 bridgehead atoms. The molecule has 112 valence electrons. The number of thioether (sulfide) groups is 1. The molecular formula is C19H25NS. The Morgan fingerprint density at radius 2 is 1.67 bits per heavy atom. The summed E-state index contributed by atoms with van der Waals surface area (Å²) < 4.78 is 0. The molecule has 0 aliphatic rings. The van der Waals surface area contributed by atoms with E-state index in [0.717, 1.165) is 12.2 Å². The van der Waals surface area contributed by atoms with Crippen LogP contribution in [-0.4, -0.2) is 11.8 Å². The van der Waals surface area contributed by atoms with Crippen molar-refractivity contribution < 1.29 is 0 Å². The molecule has 0 heterocycles. The van der Waals surface area contributed by atoms with Crippen molar-refractivity contribution in [3.63, 3.8) is 0 Å². The predicted octanol–water partition coefficient (Wildman–Crippen LogP) is 4.78. The van der Waals surface area contributed by atoms with E-state index in [1.807, 2.05) is 11.8 Å². The van der Waals surface area contributed by atoms with Gasteiger partial charge in [-0.05, 0) is 42.0 Å². The zero-order chi connectivity index (χ0) is 15.2. The molecule has 2 aromatic rings. The SMILES string of the molecule is Cc1ccccc1SCC(N)Cc1ccc(C(C)C)cc1. The van der Waals surface area contributed by atoms with Crippen molar-refractivity contribution in [3.05, 3.63) is 65.2 Å². The van der Waals surface area contributed by atoms with Crippen LogP contribution >= 0.6 is 11.8 Å². The second kappa shape index (κ2) is 7.67. The van der Waals surface area contributed by atoms with Gasteiger partial charge in [-0.25, -0.2) is 0 Å². The fourth-order valence-electron chi connectivity index (χ4n) is 2.32. The summed E-state index contributed by atoms with van der Waals surface area (Å²) in [4.78, 5) is 1.34. The number of hydrogen-bond donors (Lipinski definition) is 1. The van der Waals surface area contributed by atoms with Crippen LogP contribution in [0.25, 0.3) is 0 Å². The first-order valence-corrected chi connectivity index (χ1v) is 8.57. The summed E-state index contributed by atoms with van der Waals surface area (Å²) in [5.41, 5.74) is 10.3.